The third kappa shape index (κ3) is 7.28. The van der Waals surface area contributed by atoms with Gasteiger partial charge in [0.2, 0.25) is 0 Å². The second-order valence-corrected chi connectivity index (χ2v) is 7.28. The van der Waals surface area contributed by atoms with E-state index in [2.05, 4.69) is 11.7 Å². The lowest BCUT2D eigenvalue weighted by Crippen LogP contribution is -2.32. The third-order valence-electron chi connectivity index (χ3n) is 4.78. The normalized spacial score (nSPS) is 11.2. The highest BCUT2D eigenvalue weighted by Crippen LogP contribution is 2.23. The number of nitrogens with two attached hydrogens (primary N) is 2. The molecule has 5 N–H and O–H groups in total. The van der Waals surface area contributed by atoms with Crippen molar-refractivity contribution in [2.24, 2.45) is 5.73 Å². The summed E-state index contributed by atoms with van der Waals surface area (Å²) in [6, 6.07) is 17.9. The van der Waals surface area contributed by atoms with E-state index in [4.69, 9.17) is 21.3 Å². The lowest BCUT2D eigenvalue weighted by atomic mass is 10.0. The molecule has 0 saturated heterocycles. The molecule has 3 rings (SSSR count). The molecule has 0 amide bonds. The smallest absolute Gasteiger partial charge is 0.337 e. The molecule has 0 radical (unpaired) electrons. The average molecular weight is 439 g/mol. The highest BCUT2D eigenvalue weighted by molar-refractivity contribution is 5.90. The average Bonchev–Trinajstić information content (AvgIpc) is 2.80. The number of carboxylic acid groups (broad SMARTS) is 1. The van der Waals surface area contributed by atoms with Crippen molar-refractivity contribution in [2.45, 2.75) is 32.2 Å². The van der Waals surface area contributed by atoms with Crippen LogP contribution in [0.15, 0.2) is 60.7 Å². The number of nitrogen functional groups attached to an aromatic ring is 1. The molecule has 7 heteroatoms. The quantitative estimate of drug-likeness (QED) is 0.275. The van der Waals surface area contributed by atoms with Crippen molar-refractivity contribution in [1.82, 2.24) is 0 Å². The minimum Gasteiger partial charge on any atom is -0.491 e. The summed E-state index contributed by atoms with van der Waals surface area (Å²) in [6.45, 7) is 2.68. The summed E-state index contributed by atoms with van der Waals surface area (Å²) in [6.07, 6.45) is 2.37. The van der Waals surface area contributed by atoms with Crippen molar-refractivity contribution < 1.29 is 24.2 Å². The summed E-state index contributed by atoms with van der Waals surface area (Å²) in [7, 11) is 1.34. The standard InChI is InChI=1S/C13H13NO2.C12H17NO3/c14-12(13(15)16)8-9-5-6-10-3-1-2-4-11(10)7-9;1-3-4-7-16-11-8-9(12(14)15-2)5-6-10(11)13/h1-7,12H,8,14H2,(H,15,16);5-6,8H,3-4,7,13H2,1-2H3/t12-;/m1./s1. The molecular formula is C25H30N2O5. The zero-order valence-corrected chi connectivity index (χ0v) is 18.4. The topological polar surface area (TPSA) is 125 Å². The predicted octanol–water partition coefficient (Wildman–Crippen LogP) is 4.03. The summed E-state index contributed by atoms with van der Waals surface area (Å²) in [5.41, 5.74) is 13.2. The summed E-state index contributed by atoms with van der Waals surface area (Å²) < 4.78 is 10.1. The molecule has 1 atom stereocenters. The van der Waals surface area contributed by atoms with E-state index < -0.39 is 12.0 Å². The SMILES string of the molecule is CCCCOc1cc(C(=O)OC)ccc1N.N[C@H](Cc1ccc2ccccc2c1)C(=O)O. The zero-order valence-electron chi connectivity index (χ0n) is 18.4. The number of aliphatic carboxylic acids is 1. The molecule has 0 bridgehead atoms. The minimum absolute atomic E-state index is 0.361. The molecule has 0 heterocycles. The molecule has 0 aliphatic rings. The molecule has 3 aromatic rings. The Hall–Kier alpha value is -3.58. The van der Waals surface area contributed by atoms with E-state index in [-0.39, 0.29) is 5.97 Å². The molecule has 0 fully saturated rings. The molecule has 0 spiro atoms. The van der Waals surface area contributed by atoms with Crippen molar-refractivity contribution in [2.75, 3.05) is 19.5 Å². The van der Waals surface area contributed by atoms with Gasteiger partial charge in [-0.2, -0.15) is 0 Å². The first-order chi connectivity index (χ1) is 15.3. The second kappa shape index (κ2) is 12.3. The van der Waals surface area contributed by atoms with Gasteiger partial charge < -0.3 is 26.0 Å². The fourth-order valence-electron chi connectivity index (χ4n) is 2.94. The van der Waals surface area contributed by atoms with Gasteiger partial charge in [0.15, 0.2) is 0 Å². The molecule has 32 heavy (non-hydrogen) atoms. The molecule has 0 saturated carbocycles. The molecule has 0 unspecified atom stereocenters. The van der Waals surface area contributed by atoms with E-state index in [1.807, 2.05) is 42.5 Å². The van der Waals surface area contributed by atoms with Crippen LogP contribution in [-0.2, 0) is 16.0 Å². The maximum absolute atomic E-state index is 11.3. The number of fused-ring (bicyclic) bond motifs is 1. The van der Waals surface area contributed by atoms with Gasteiger partial charge in [0.05, 0.1) is 25.0 Å². The van der Waals surface area contributed by atoms with Crippen molar-refractivity contribution in [3.63, 3.8) is 0 Å². The number of benzene rings is 3. The van der Waals surface area contributed by atoms with E-state index in [0.29, 0.717) is 30.0 Å². The number of rotatable bonds is 8. The summed E-state index contributed by atoms with van der Waals surface area (Å²) in [4.78, 5) is 21.9. The van der Waals surface area contributed by atoms with Crippen molar-refractivity contribution in [1.29, 1.82) is 0 Å². The number of esters is 1. The summed E-state index contributed by atoms with van der Waals surface area (Å²) >= 11 is 0. The van der Waals surface area contributed by atoms with Gasteiger partial charge in [-0.3, -0.25) is 4.79 Å². The van der Waals surface area contributed by atoms with Gasteiger partial charge >= 0.3 is 11.9 Å². The van der Waals surface area contributed by atoms with Gasteiger partial charge in [-0.15, -0.1) is 0 Å². The Balaban J connectivity index is 0.000000227. The third-order valence-corrected chi connectivity index (χ3v) is 4.78. The van der Waals surface area contributed by atoms with Crippen LogP contribution in [0, 0.1) is 0 Å². The largest absolute Gasteiger partial charge is 0.491 e. The number of hydrogen-bond donors (Lipinski definition) is 3. The summed E-state index contributed by atoms with van der Waals surface area (Å²) in [5.74, 6) is -0.815. The number of carbonyl (C=O) groups is 2. The fraction of sp³-hybridized carbons (Fsp3) is 0.280. The van der Waals surface area contributed by atoms with Gasteiger partial charge in [0.1, 0.15) is 11.8 Å². The van der Waals surface area contributed by atoms with Crippen LogP contribution in [0.1, 0.15) is 35.7 Å². The number of unbranched alkanes of at least 4 members (excludes halogenated alkanes) is 1. The molecular weight excluding hydrogens is 408 g/mol. The first kappa shape index (κ1) is 24.7. The van der Waals surface area contributed by atoms with Crippen molar-refractivity contribution >= 4 is 28.4 Å². The van der Waals surface area contributed by atoms with Crippen LogP contribution in [0.5, 0.6) is 5.75 Å². The monoisotopic (exact) mass is 438 g/mol. The lowest BCUT2D eigenvalue weighted by Gasteiger charge is -2.09. The van der Waals surface area contributed by atoms with E-state index in [0.717, 1.165) is 29.2 Å². The predicted molar refractivity (Wildman–Crippen MR) is 126 cm³/mol. The molecule has 0 aliphatic heterocycles. The van der Waals surface area contributed by atoms with E-state index in [9.17, 15) is 9.59 Å². The van der Waals surface area contributed by atoms with Gasteiger partial charge in [0, 0.05) is 0 Å². The first-order valence-corrected chi connectivity index (χ1v) is 10.4. The Morgan fingerprint density at radius 1 is 1.03 bits per heavy atom. The van der Waals surface area contributed by atoms with E-state index >= 15 is 0 Å². The maximum Gasteiger partial charge on any atom is 0.337 e. The number of anilines is 1. The highest BCUT2D eigenvalue weighted by atomic mass is 16.5. The van der Waals surface area contributed by atoms with Crippen molar-refractivity contribution in [3.8, 4) is 5.75 Å². The van der Waals surface area contributed by atoms with E-state index in [1.54, 1.807) is 18.2 Å². The van der Waals surface area contributed by atoms with Crippen LogP contribution in [0.3, 0.4) is 0 Å². The maximum atomic E-state index is 11.3. The van der Waals surface area contributed by atoms with Crippen LogP contribution in [0.4, 0.5) is 5.69 Å². The van der Waals surface area contributed by atoms with Gasteiger partial charge in [0.25, 0.3) is 0 Å². The van der Waals surface area contributed by atoms with Crippen molar-refractivity contribution in [3.05, 3.63) is 71.8 Å². The van der Waals surface area contributed by atoms with Crippen LogP contribution in [-0.4, -0.2) is 36.8 Å². The van der Waals surface area contributed by atoms with Gasteiger partial charge in [-0.05, 0) is 47.4 Å². The minimum atomic E-state index is -0.965. The Kier molecular flexibility index (Phi) is 9.50. The highest BCUT2D eigenvalue weighted by Gasteiger charge is 2.12. The lowest BCUT2D eigenvalue weighted by molar-refractivity contribution is -0.138. The molecule has 7 nitrogen and oxygen atoms in total. The molecule has 0 aromatic heterocycles. The number of ether oxygens (including phenoxy) is 2. The molecule has 3 aromatic carbocycles. The van der Waals surface area contributed by atoms with Crippen LogP contribution < -0.4 is 16.2 Å². The number of methoxy groups -OCH3 is 1. The Morgan fingerprint density at radius 2 is 1.75 bits per heavy atom. The van der Waals surface area contributed by atoms with Crippen LogP contribution >= 0.6 is 0 Å². The Morgan fingerprint density at radius 3 is 2.41 bits per heavy atom. The van der Waals surface area contributed by atoms with Gasteiger partial charge in [-0.25, -0.2) is 4.79 Å². The first-order valence-electron chi connectivity index (χ1n) is 10.4. The van der Waals surface area contributed by atoms with Crippen LogP contribution in [0.2, 0.25) is 0 Å². The number of hydrogen-bond acceptors (Lipinski definition) is 6. The zero-order chi connectivity index (χ0) is 23.5. The number of carbonyl (C=O) groups excluding carboxylic acids is 1. The van der Waals surface area contributed by atoms with Crippen LogP contribution in [0.25, 0.3) is 10.8 Å². The fourth-order valence-corrected chi connectivity index (χ4v) is 2.94. The Labute approximate surface area is 187 Å². The molecule has 0 aliphatic carbocycles. The summed E-state index contributed by atoms with van der Waals surface area (Å²) in [5, 5.41) is 11.0. The second-order valence-electron chi connectivity index (χ2n) is 7.28. The number of carboxylic acids is 1. The molecule has 170 valence electrons. The Bertz CT molecular complexity index is 1050. The van der Waals surface area contributed by atoms with Gasteiger partial charge in [-0.1, -0.05) is 55.8 Å². The van der Waals surface area contributed by atoms with E-state index in [1.165, 1.54) is 7.11 Å².